The molecule has 1 aromatic carbocycles. The molecule has 2 fully saturated rings. The summed E-state index contributed by atoms with van der Waals surface area (Å²) < 4.78 is 60.2. The second-order valence-electron chi connectivity index (χ2n) is 9.32. The Labute approximate surface area is 190 Å². The van der Waals surface area contributed by atoms with Crippen molar-refractivity contribution in [2.45, 2.75) is 77.0 Å². The van der Waals surface area contributed by atoms with Crippen molar-refractivity contribution in [1.82, 2.24) is 15.1 Å². The molecule has 2 aliphatic rings. The van der Waals surface area contributed by atoms with Gasteiger partial charge in [-0.15, -0.1) is 13.2 Å². The molecule has 1 saturated carbocycles. The van der Waals surface area contributed by atoms with Crippen molar-refractivity contribution in [3.8, 4) is 5.75 Å². The van der Waals surface area contributed by atoms with Crippen molar-refractivity contribution < 1.29 is 36.6 Å². The van der Waals surface area contributed by atoms with Crippen LogP contribution in [0.4, 0.5) is 27.2 Å². The summed E-state index contributed by atoms with van der Waals surface area (Å²) in [6.45, 7) is 6.06. The zero-order valence-electron chi connectivity index (χ0n) is 18.9. The zero-order valence-corrected chi connectivity index (χ0v) is 18.9. The maximum atomic E-state index is 14.2. The highest BCUT2D eigenvalue weighted by Gasteiger charge is 2.40. The van der Waals surface area contributed by atoms with E-state index >= 15 is 0 Å². The summed E-state index contributed by atoms with van der Waals surface area (Å²) in [5.41, 5.74) is -0.588. The van der Waals surface area contributed by atoms with E-state index in [9.17, 15) is 27.2 Å². The summed E-state index contributed by atoms with van der Waals surface area (Å²) in [5.74, 6) is -1.58. The number of nitrogens with one attached hydrogen (secondary N) is 1. The molecule has 1 saturated heterocycles. The fraction of sp³-hybridized carbons (Fsp3) is 0.636. The lowest BCUT2D eigenvalue weighted by atomic mass is 10.0. The zero-order chi connectivity index (χ0) is 24.4. The first-order valence-electron chi connectivity index (χ1n) is 10.9. The smallest absolute Gasteiger partial charge is 0.444 e. The fourth-order valence-corrected chi connectivity index (χ4v) is 3.79. The number of carbonyl (C=O) groups excluding carboxylic acids is 2. The Kier molecular flexibility index (Phi) is 7.28. The number of hydrogen-bond acceptors (Lipinski definition) is 4. The number of alkyl halides is 3. The molecule has 1 heterocycles. The van der Waals surface area contributed by atoms with E-state index < -0.39 is 35.7 Å². The van der Waals surface area contributed by atoms with Gasteiger partial charge < -0.3 is 24.6 Å². The Morgan fingerprint density at radius 3 is 2.42 bits per heavy atom. The molecule has 0 spiro atoms. The first kappa shape index (κ1) is 24.9. The minimum atomic E-state index is -4.92. The predicted molar refractivity (Wildman–Crippen MR) is 111 cm³/mol. The van der Waals surface area contributed by atoms with E-state index in [1.54, 1.807) is 30.6 Å². The van der Waals surface area contributed by atoms with Crippen LogP contribution in [0.15, 0.2) is 18.2 Å². The minimum Gasteiger partial charge on any atom is -0.444 e. The van der Waals surface area contributed by atoms with Crippen LogP contribution in [0.5, 0.6) is 5.75 Å². The quantitative estimate of drug-likeness (QED) is 0.622. The molecule has 1 unspecified atom stereocenters. The van der Waals surface area contributed by atoms with Gasteiger partial charge in [0.1, 0.15) is 17.2 Å². The van der Waals surface area contributed by atoms with Gasteiger partial charge in [-0.25, -0.2) is 14.0 Å². The van der Waals surface area contributed by atoms with Crippen LogP contribution in [0.2, 0.25) is 0 Å². The highest BCUT2D eigenvalue weighted by molar-refractivity contribution is 5.75. The maximum Gasteiger partial charge on any atom is 0.573 e. The van der Waals surface area contributed by atoms with E-state index in [0.29, 0.717) is 19.2 Å². The molecule has 0 bridgehead atoms. The van der Waals surface area contributed by atoms with Crippen LogP contribution in [0.25, 0.3) is 0 Å². The van der Waals surface area contributed by atoms with Crippen LogP contribution in [0.3, 0.4) is 0 Å². The highest BCUT2D eigenvalue weighted by atomic mass is 19.4. The molecular formula is C22H29F4N3O4. The van der Waals surface area contributed by atoms with Gasteiger partial charge in [-0.2, -0.15) is 0 Å². The van der Waals surface area contributed by atoms with Gasteiger partial charge in [0.2, 0.25) is 0 Å². The molecule has 33 heavy (non-hydrogen) atoms. The number of carbonyl (C=O) groups is 2. The average Bonchev–Trinajstić information content (AvgIpc) is 3.50. The normalized spacial score (nSPS) is 19.1. The maximum absolute atomic E-state index is 14.2. The van der Waals surface area contributed by atoms with E-state index in [2.05, 4.69) is 10.1 Å². The topological polar surface area (TPSA) is 71.1 Å². The van der Waals surface area contributed by atoms with Crippen molar-refractivity contribution in [3.63, 3.8) is 0 Å². The second kappa shape index (κ2) is 9.64. The van der Waals surface area contributed by atoms with Gasteiger partial charge in [0.15, 0.2) is 0 Å². The van der Waals surface area contributed by atoms with E-state index in [-0.39, 0.29) is 24.2 Å². The van der Waals surface area contributed by atoms with Crippen molar-refractivity contribution >= 4 is 12.1 Å². The number of piperidine rings is 1. The molecule has 3 rings (SSSR count). The van der Waals surface area contributed by atoms with Crippen LogP contribution in [0.1, 0.15) is 52.0 Å². The Hall–Kier alpha value is -2.72. The predicted octanol–water partition coefficient (Wildman–Crippen LogP) is 4.80. The molecule has 1 aliphatic heterocycles. The van der Waals surface area contributed by atoms with E-state index in [0.717, 1.165) is 37.8 Å². The number of urea groups is 1. The first-order chi connectivity index (χ1) is 15.3. The second-order valence-corrected chi connectivity index (χ2v) is 9.32. The number of benzene rings is 1. The Morgan fingerprint density at radius 2 is 1.85 bits per heavy atom. The van der Waals surface area contributed by atoms with Gasteiger partial charge in [0, 0.05) is 37.3 Å². The number of rotatable bonds is 5. The number of ether oxygens (including phenoxy) is 2. The van der Waals surface area contributed by atoms with Crippen molar-refractivity contribution in [2.75, 3.05) is 13.1 Å². The summed E-state index contributed by atoms with van der Waals surface area (Å²) in [4.78, 5) is 28.7. The summed E-state index contributed by atoms with van der Waals surface area (Å²) in [7, 11) is 0. The standard InChI is InChI=1S/C22H29F4N3O4/c1-21(2,3)33-20(31)28-10-4-5-16(13-28)29(15-7-8-15)19(30)27-12-14-6-9-17(11-18(14)23)32-22(24,25)26/h6,9,11,15-16H,4-5,7-8,10,12-13H2,1-3H3,(H,27,30). The molecular weight excluding hydrogens is 446 g/mol. The average molecular weight is 475 g/mol. The summed E-state index contributed by atoms with van der Waals surface area (Å²) >= 11 is 0. The molecule has 7 nitrogen and oxygen atoms in total. The summed E-state index contributed by atoms with van der Waals surface area (Å²) in [6.07, 6.45) is -2.22. The minimum absolute atomic E-state index is 0.0349. The Balaban J connectivity index is 1.61. The van der Waals surface area contributed by atoms with Crippen LogP contribution < -0.4 is 10.1 Å². The monoisotopic (exact) mass is 475 g/mol. The lowest BCUT2D eigenvalue weighted by Gasteiger charge is -2.39. The van der Waals surface area contributed by atoms with Gasteiger partial charge in [-0.1, -0.05) is 6.07 Å². The molecule has 1 aliphatic carbocycles. The number of amides is 3. The van der Waals surface area contributed by atoms with Crippen molar-refractivity contribution in [2.24, 2.45) is 0 Å². The van der Waals surface area contributed by atoms with Gasteiger partial charge >= 0.3 is 18.5 Å². The van der Waals surface area contributed by atoms with Crippen molar-refractivity contribution in [3.05, 3.63) is 29.6 Å². The third-order valence-corrected chi connectivity index (χ3v) is 5.30. The Morgan fingerprint density at radius 1 is 1.15 bits per heavy atom. The molecule has 184 valence electrons. The third-order valence-electron chi connectivity index (χ3n) is 5.30. The SMILES string of the molecule is CC(C)(C)OC(=O)N1CCCC(N(C(=O)NCc2ccc(OC(F)(F)F)cc2F)C2CC2)C1. The van der Waals surface area contributed by atoms with Gasteiger partial charge in [-0.05, 0) is 52.5 Å². The fourth-order valence-electron chi connectivity index (χ4n) is 3.79. The Bertz CT molecular complexity index is 868. The van der Waals surface area contributed by atoms with Crippen LogP contribution in [0, 0.1) is 5.82 Å². The number of hydrogen-bond donors (Lipinski definition) is 1. The number of likely N-dealkylation sites (tertiary alicyclic amines) is 1. The molecule has 1 N–H and O–H groups in total. The van der Waals surface area contributed by atoms with Crippen LogP contribution >= 0.6 is 0 Å². The number of nitrogens with zero attached hydrogens (tertiary/aromatic N) is 2. The van der Waals surface area contributed by atoms with E-state index in [4.69, 9.17) is 4.74 Å². The van der Waals surface area contributed by atoms with Gasteiger partial charge in [0.05, 0.1) is 6.04 Å². The van der Waals surface area contributed by atoms with Gasteiger partial charge in [-0.3, -0.25) is 0 Å². The highest BCUT2D eigenvalue weighted by Crippen LogP contribution is 2.32. The molecule has 0 radical (unpaired) electrons. The first-order valence-corrected chi connectivity index (χ1v) is 10.9. The molecule has 11 heteroatoms. The largest absolute Gasteiger partial charge is 0.573 e. The van der Waals surface area contributed by atoms with Gasteiger partial charge in [0.25, 0.3) is 0 Å². The number of halogens is 4. The van der Waals surface area contributed by atoms with E-state index in [1.807, 2.05) is 0 Å². The summed E-state index contributed by atoms with van der Waals surface area (Å²) in [5, 5.41) is 2.66. The molecule has 1 atom stereocenters. The van der Waals surface area contributed by atoms with Crippen LogP contribution in [-0.2, 0) is 11.3 Å². The lowest BCUT2D eigenvalue weighted by Crippen LogP contribution is -2.55. The molecule has 1 aromatic rings. The molecule has 0 aromatic heterocycles. The molecule has 3 amide bonds. The van der Waals surface area contributed by atoms with E-state index in [1.165, 1.54) is 0 Å². The lowest BCUT2D eigenvalue weighted by molar-refractivity contribution is -0.274. The third kappa shape index (κ3) is 7.40. The summed E-state index contributed by atoms with van der Waals surface area (Å²) in [6, 6.07) is 2.21. The van der Waals surface area contributed by atoms with Crippen LogP contribution in [-0.4, -0.2) is 59.1 Å². The van der Waals surface area contributed by atoms with Crippen molar-refractivity contribution in [1.29, 1.82) is 0 Å².